The second-order valence-electron chi connectivity index (χ2n) is 6.08. The molecule has 0 aromatic heterocycles. The summed E-state index contributed by atoms with van der Waals surface area (Å²) in [6.45, 7) is 0.578. The molecule has 0 spiro atoms. The Morgan fingerprint density at radius 2 is 1.82 bits per heavy atom. The van der Waals surface area contributed by atoms with Crippen molar-refractivity contribution in [2.45, 2.75) is 19.5 Å². The Morgan fingerprint density at radius 1 is 1.00 bits per heavy atom. The van der Waals surface area contributed by atoms with E-state index in [1.54, 1.807) is 18.2 Å². The van der Waals surface area contributed by atoms with Crippen LogP contribution in [0.2, 0.25) is 0 Å². The highest BCUT2D eigenvalue weighted by molar-refractivity contribution is 5.85. The highest BCUT2D eigenvalue weighted by Gasteiger charge is 2.10. The Morgan fingerprint density at radius 3 is 2.54 bits per heavy atom. The summed E-state index contributed by atoms with van der Waals surface area (Å²) < 4.78 is 56.9. The Balaban J connectivity index is 1.88. The number of ether oxygens (including phenoxy) is 1. The summed E-state index contributed by atoms with van der Waals surface area (Å²) >= 11 is 0. The van der Waals surface area contributed by atoms with Gasteiger partial charge in [-0.2, -0.15) is 8.78 Å². The topological polar surface area (TPSA) is 9.23 Å². The van der Waals surface area contributed by atoms with Crippen LogP contribution in [0.1, 0.15) is 23.1 Å². The average Bonchev–Trinajstić information content (AvgIpc) is 2.67. The van der Waals surface area contributed by atoms with Crippen molar-refractivity contribution < 1.29 is 22.3 Å². The van der Waals surface area contributed by atoms with E-state index in [9.17, 15) is 17.6 Å². The molecule has 0 amide bonds. The Labute approximate surface area is 160 Å². The van der Waals surface area contributed by atoms with E-state index in [1.807, 2.05) is 18.2 Å². The quantitative estimate of drug-likeness (QED) is 0.288. The predicted octanol–water partition coefficient (Wildman–Crippen LogP) is 6.24. The third-order valence-corrected chi connectivity index (χ3v) is 4.15. The van der Waals surface area contributed by atoms with Crippen molar-refractivity contribution in [2.75, 3.05) is 0 Å². The largest absolute Gasteiger partial charge is 0.432 e. The smallest absolute Gasteiger partial charge is 0.387 e. The number of hydrogen-bond acceptors (Lipinski definition) is 1. The molecule has 3 aromatic rings. The van der Waals surface area contributed by atoms with Crippen LogP contribution in [0.25, 0.3) is 10.8 Å². The molecule has 1 nitrogen and oxygen atoms in total. The fourth-order valence-corrected chi connectivity index (χ4v) is 2.77. The lowest BCUT2D eigenvalue weighted by Crippen LogP contribution is -2.03. The molecular formula is C23H16F4O. The Bertz CT molecular complexity index is 1080. The molecule has 0 unspecified atom stereocenters. The summed E-state index contributed by atoms with van der Waals surface area (Å²) in [7, 11) is 0. The fourth-order valence-electron chi connectivity index (χ4n) is 2.77. The second kappa shape index (κ2) is 8.62. The fraction of sp³-hybridized carbons (Fsp3) is 0.130. The Kier molecular flexibility index (Phi) is 6.00. The third kappa shape index (κ3) is 4.52. The molecule has 0 atom stereocenters. The molecule has 0 aliphatic heterocycles. The molecule has 0 N–H and O–H groups in total. The molecule has 0 radical (unpaired) electrons. The molecule has 28 heavy (non-hydrogen) atoms. The van der Waals surface area contributed by atoms with Gasteiger partial charge in [0, 0.05) is 10.9 Å². The van der Waals surface area contributed by atoms with Crippen molar-refractivity contribution in [3.63, 3.8) is 0 Å². The van der Waals surface area contributed by atoms with Crippen LogP contribution in [0.3, 0.4) is 0 Å². The predicted molar refractivity (Wildman–Crippen MR) is 101 cm³/mol. The molecular weight excluding hydrogens is 368 g/mol. The van der Waals surface area contributed by atoms with E-state index in [-0.39, 0.29) is 11.1 Å². The first kappa shape index (κ1) is 19.5. The summed E-state index contributed by atoms with van der Waals surface area (Å²) in [4.78, 5) is 0. The third-order valence-electron chi connectivity index (χ3n) is 4.15. The maximum Gasteiger partial charge on any atom is 0.387 e. The van der Waals surface area contributed by atoms with Crippen LogP contribution in [0.15, 0.2) is 61.2 Å². The van der Waals surface area contributed by atoms with E-state index in [0.29, 0.717) is 5.39 Å². The van der Waals surface area contributed by atoms with Crippen molar-refractivity contribution in [1.29, 1.82) is 0 Å². The lowest BCUT2D eigenvalue weighted by atomic mass is 10.0. The van der Waals surface area contributed by atoms with Crippen molar-refractivity contribution in [2.24, 2.45) is 0 Å². The highest BCUT2D eigenvalue weighted by atomic mass is 19.3. The van der Waals surface area contributed by atoms with E-state index in [0.717, 1.165) is 35.9 Å². The first-order valence-electron chi connectivity index (χ1n) is 8.56. The van der Waals surface area contributed by atoms with Crippen LogP contribution in [-0.4, -0.2) is 6.61 Å². The van der Waals surface area contributed by atoms with Crippen molar-refractivity contribution in [3.05, 3.63) is 89.5 Å². The number of allylic oxidation sites excluding steroid dienone is 1. The SMILES string of the molecule is C=CCCc1ccc2c(F)c(C#Cc3ccc(OC(F)F)c(F)c3)ccc2c1. The molecule has 0 aliphatic rings. The zero-order valence-corrected chi connectivity index (χ0v) is 14.8. The summed E-state index contributed by atoms with van der Waals surface area (Å²) in [5.41, 5.74) is 1.48. The molecule has 3 rings (SSSR count). The summed E-state index contributed by atoms with van der Waals surface area (Å²) in [5.74, 6) is 3.32. The summed E-state index contributed by atoms with van der Waals surface area (Å²) in [5, 5.41) is 1.21. The number of hydrogen-bond donors (Lipinski definition) is 0. The molecule has 5 heteroatoms. The van der Waals surface area contributed by atoms with Crippen molar-refractivity contribution in [1.82, 2.24) is 0 Å². The number of halogens is 4. The molecule has 0 saturated carbocycles. The minimum absolute atomic E-state index is 0.166. The van der Waals surface area contributed by atoms with Gasteiger partial charge in [-0.05, 0) is 48.1 Å². The van der Waals surface area contributed by atoms with Gasteiger partial charge in [0.2, 0.25) is 0 Å². The van der Waals surface area contributed by atoms with E-state index in [2.05, 4.69) is 23.2 Å². The maximum atomic E-state index is 14.7. The average molecular weight is 384 g/mol. The van der Waals surface area contributed by atoms with Crippen LogP contribution in [-0.2, 0) is 6.42 Å². The first-order chi connectivity index (χ1) is 13.5. The lowest BCUT2D eigenvalue weighted by molar-refractivity contribution is -0.0521. The van der Waals surface area contributed by atoms with E-state index in [4.69, 9.17) is 0 Å². The number of benzene rings is 3. The van der Waals surface area contributed by atoms with E-state index in [1.165, 1.54) is 6.07 Å². The second-order valence-corrected chi connectivity index (χ2v) is 6.08. The zero-order valence-electron chi connectivity index (χ0n) is 14.8. The van der Waals surface area contributed by atoms with Crippen LogP contribution in [0, 0.1) is 23.5 Å². The maximum absolute atomic E-state index is 14.7. The van der Waals surface area contributed by atoms with Gasteiger partial charge in [0.25, 0.3) is 0 Å². The van der Waals surface area contributed by atoms with Gasteiger partial charge >= 0.3 is 6.61 Å². The zero-order chi connectivity index (χ0) is 20.1. The van der Waals surface area contributed by atoms with Gasteiger partial charge in [-0.25, -0.2) is 8.78 Å². The number of rotatable bonds is 5. The van der Waals surface area contributed by atoms with Crippen molar-refractivity contribution >= 4 is 10.8 Å². The lowest BCUT2D eigenvalue weighted by Gasteiger charge is -2.06. The monoisotopic (exact) mass is 384 g/mol. The molecule has 0 heterocycles. The molecule has 142 valence electrons. The summed E-state index contributed by atoms with van der Waals surface area (Å²) in [6, 6.07) is 12.2. The molecule has 0 aliphatic carbocycles. The highest BCUT2D eigenvalue weighted by Crippen LogP contribution is 2.23. The van der Waals surface area contributed by atoms with Gasteiger partial charge in [-0.15, -0.1) is 6.58 Å². The van der Waals surface area contributed by atoms with Gasteiger partial charge in [0.1, 0.15) is 5.82 Å². The number of aryl methyl sites for hydroxylation is 1. The van der Waals surface area contributed by atoms with Gasteiger partial charge in [0.05, 0.1) is 5.56 Å². The van der Waals surface area contributed by atoms with E-state index >= 15 is 0 Å². The summed E-state index contributed by atoms with van der Waals surface area (Å²) in [6.07, 6.45) is 3.51. The van der Waals surface area contributed by atoms with E-state index < -0.39 is 24.0 Å². The van der Waals surface area contributed by atoms with Crippen LogP contribution in [0.5, 0.6) is 5.75 Å². The minimum atomic E-state index is -3.12. The molecule has 3 aromatic carbocycles. The molecule has 0 fully saturated rings. The van der Waals surface area contributed by atoms with Crippen LogP contribution >= 0.6 is 0 Å². The molecule has 0 saturated heterocycles. The number of fused-ring (bicyclic) bond motifs is 1. The molecule has 0 bridgehead atoms. The normalized spacial score (nSPS) is 10.6. The van der Waals surface area contributed by atoms with Gasteiger partial charge in [-0.3, -0.25) is 0 Å². The standard InChI is InChI=1S/C23H16F4O/c1-2-3-4-15-6-11-19-18(13-15)10-9-17(22(19)25)8-5-16-7-12-21(20(24)14-16)28-23(26)27/h2,6-7,9-14,23H,1,3-4H2. The first-order valence-corrected chi connectivity index (χ1v) is 8.56. The minimum Gasteiger partial charge on any atom is -0.432 e. The van der Waals surface area contributed by atoms with Gasteiger partial charge in [-0.1, -0.05) is 42.2 Å². The van der Waals surface area contributed by atoms with Crippen LogP contribution in [0.4, 0.5) is 17.6 Å². The van der Waals surface area contributed by atoms with Crippen LogP contribution < -0.4 is 4.74 Å². The van der Waals surface area contributed by atoms with Gasteiger partial charge in [0.15, 0.2) is 11.6 Å². The van der Waals surface area contributed by atoms with Gasteiger partial charge < -0.3 is 4.74 Å². The number of alkyl halides is 2. The van der Waals surface area contributed by atoms with Crippen molar-refractivity contribution in [3.8, 4) is 17.6 Å². The Hall–Kier alpha value is -3.26.